The number of aliphatic hydroxyl groups is 3. The minimum Gasteiger partial charge on any atom is -0.393 e. The zero-order valence-electron chi connectivity index (χ0n) is 22.0. The lowest BCUT2D eigenvalue weighted by Crippen LogP contribution is -2.58. The molecule has 6 heteroatoms. The molecule has 6 nitrogen and oxygen atoms in total. The molecule has 4 fully saturated rings. The van der Waals surface area contributed by atoms with Gasteiger partial charge in [-0.1, -0.05) is 20.8 Å². The molecule has 0 bridgehead atoms. The fourth-order valence-electron chi connectivity index (χ4n) is 9.45. The highest BCUT2D eigenvalue weighted by Gasteiger charge is 2.62. The van der Waals surface area contributed by atoms with Crippen molar-refractivity contribution in [3.8, 4) is 0 Å². The van der Waals surface area contributed by atoms with Crippen LogP contribution in [-0.4, -0.2) is 59.9 Å². The van der Waals surface area contributed by atoms with E-state index >= 15 is 0 Å². The number of fused-ring (bicyclic) bond motifs is 5. The van der Waals surface area contributed by atoms with Crippen molar-refractivity contribution in [1.82, 2.24) is 10.6 Å². The van der Waals surface area contributed by atoms with E-state index in [2.05, 4.69) is 31.4 Å². The number of rotatable bonds is 10. The van der Waals surface area contributed by atoms with Crippen molar-refractivity contribution >= 4 is 0 Å². The SMILES string of the molecule is C[C@H](CCC(O)NCCNCCN)[C@H]1CC[C@H]2[C@@H]3[C@@H](O)C[C@@H]4C[C@H](O)CC[C@]4(C)[C@H]3CC[C@]12C. The van der Waals surface area contributed by atoms with E-state index in [0.29, 0.717) is 52.9 Å². The molecule has 34 heavy (non-hydrogen) atoms. The van der Waals surface area contributed by atoms with Gasteiger partial charge in [-0.3, -0.25) is 5.32 Å². The van der Waals surface area contributed by atoms with Crippen molar-refractivity contribution in [2.24, 2.45) is 52.1 Å². The fraction of sp³-hybridized carbons (Fsp3) is 1.00. The van der Waals surface area contributed by atoms with Crippen molar-refractivity contribution in [2.45, 2.75) is 103 Å². The average molecular weight is 480 g/mol. The summed E-state index contributed by atoms with van der Waals surface area (Å²) < 4.78 is 0. The molecular formula is C28H53N3O3. The molecule has 11 atom stereocenters. The Bertz CT molecular complexity index is 665. The second kappa shape index (κ2) is 11.0. The Labute approximate surface area is 207 Å². The van der Waals surface area contributed by atoms with E-state index < -0.39 is 6.23 Å². The van der Waals surface area contributed by atoms with Crippen molar-refractivity contribution in [2.75, 3.05) is 26.2 Å². The molecular weight excluding hydrogens is 426 g/mol. The standard InChI is InChI=1S/C28H53N3O3/c1-18(4-7-25(34)31-15-14-30-13-12-29)21-5-6-22-26-23(9-11-28(21,22)3)27(2)10-8-20(32)16-19(27)17-24(26)33/h18-26,30-34H,4-17,29H2,1-3H3/t18-,19+,20-,21-,22+,23+,24+,25?,26+,27+,28-/m1/s1. The Hall–Kier alpha value is -0.240. The maximum atomic E-state index is 11.4. The molecule has 4 aliphatic carbocycles. The highest BCUT2D eigenvalue weighted by atomic mass is 16.3. The Morgan fingerprint density at radius 1 is 0.912 bits per heavy atom. The number of hydrogen-bond acceptors (Lipinski definition) is 6. The van der Waals surface area contributed by atoms with Crippen LogP contribution in [0.25, 0.3) is 0 Å². The Morgan fingerprint density at radius 3 is 2.41 bits per heavy atom. The molecule has 0 saturated heterocycles. The molecule has 0 aromatic heterocycles. The van der Waals surface area contributed by atoms with Gasteiger partial charge in [0.15, 0.2) is 0 Å². The molecule has 7 N–H and O–H groups in total. The van der Waals surface area contributed by atoms with E-state index in [4.69, 9.17) is 5.73 Å². The van der Waals surface area contributed by atoms with Crippen LogP contribution >= 0.6 is 0 Å². The predicted molar refractivity (Wildman–Crippen MR) is 137 cm³/mol. The Morgan fingerprint density at radius 2 is 1.65 bits per heavy atom. The second-order valence-electron chi connectivity index (χ2n) is 13.0. The van der Waals surface area contributed by atoms with Gasteiger partial charge in [-0.25, -0.2) is 0 Å². The normalized spacial score (nSPS) is 45.8. The first-order valence-corrected chi connectivity index (χ1v) is 14.4. The van der Waals surface area contributed by atoms with Gasteiger partial charge in [0.1, 0.15) is 6.23 Å². The Balaban J connectivity index is 1.35. The van der Waals surface area contributed by atoms with E-state index in [-0.39, 0.29) is 12.2 Å². The molecule has 0 aliphatic heterocycles. The van der Waals surface area contributed by atoms with E-state index in [0.717, 1.165) is 58.2 Å². The van der Waals surface area contributed by atoms with Crippen LogP contribution in [0.1, 0.15) is 85.0 Å². The number of nitrogens with two attached hydrogens (primary N) is 1. The predicted octanol–water partition coefficient (Wildman–Crippen LogP) is 2.85. The van der Waals surface area contributed by atoms with E-state index in [1.165, 1.54) is 25.7 Å². The lowest BCUT2D eigenvalue weighted by Gasteiger charge is -2.62. The summed E-state index contributed by atoms with van der Waals surface area (Å²) in [5.74, 6) is 3.41. The van der Waals surface area contributed by atoms with Gasteiger partial charge in [-0.05, 0) is 111 Å². The third kappa shape index (κ3) is 5.10. The highest BCUT2D eigenvalue weighted by molar-refractivity contribution is 5.11. The average Bonchev–Trinajstić information content (AvgIpc) is 3.15. The van der Waals surface area contributed by atoms with Crippen molar-refractivity contribution in [3.05, 3.63) is 0 Å². The van der Waals surface area contributed by atoms with Gasteiger partial charge in [0.05, 0.1) is 12.2 Å². The van der Waals surface area contributed by atoms with Gasteiger partial charge in [-0.2, -0.15) is 0 Å². The van der Waals surface area contributed by atoms with Gasteiger partial charge >= 0.3 is 0 Å². The molecule has 0 spiro atoms. The summed E-state index contributed by atoms with van der Waals surface area (Å²) in [5.41, 5.74) is 6.10. The first kappa shape index (κ1) is 26.8. The van der Waals surface area contributed by atoms with Crippen molar-refractivity contribution in [1.29, 1.82) is 0 Å². The molecule has 4 saturated carbocycles. The summed E-state index contributed by atoms with van der Waals surface area (Å²) in [4.78, 5) is 0. The summed E-state index contributed by atoms with van der Waals surface area (Å²) in [7, 11) is 0. The highest BCUT2D eigenvalue weighted by Crippen LogP contribution is 2.68. The lowest BCUT2D eigenvalue weighted by atomic mass is 9.43. The molecule has 0 aromatic carbocycles. The van der Waals surface area contributed by atoms with Crippen LogP contribution in [-0.2, 0) is 0 Å². The monoisotopic (exact) mass is 479 g/mol. The smallest absolute Gasteiger partial charge is 0.104 e. The van der Waals surface area contributed by atoms with E-state index in [1.54, 1.807) is 0 Å². The lowest BCUT2D eigenvalue weighted by molar-refractivity contribution is -0.174. The zero-order chi connectivity index (χ0) is 24.5. The van der Waals surface area contributed by atoms with Crippen molar-refractivity contribution in [3.63, 3.8) is 0 Å². The summed E-state index contributed by atoms with van der Waals surface area (Å²) in [6.07, 6.45) is 9.90. The molecule has 4 aliphatic rings. The van der Waals surface area contributed by atoms with Crippen LogP contribution in [0.15, 0.2) is 0 Å². The summed E-state index contributed by atoms with van der Waals surface area (Å²) in [6.45, 7) is 10.5. The fourth-order valence-corrected chi connectivity index (χ4v) is 9.45. The first-order valence-electron chi connectivity index (χ1n) is 14.4. The van der Waals surface area contributed by atoms with Crippen LogP contribution < -0.4 is 16.4 Å². The molecule has 1 unspecified atom stereocenters. The summed E-state index contributed by atoms with van der Waals surface area (Å²) in [6, 6.07) is 0. The van der Waals surface area contributed by atoms with Crippen LogP contribution in [0.5, 0.6) is 0 Å². The third-order valence-electron chi connectivity index (χ3n) is 11.3. The molecule has 4 rings (SSSR count). The molecule has 0 aromatic rings. The van der Waals surface area contributed by atoms with Crippen molar-refractivity contribution < 1.29 is 15.3 Å². The van der Waals surface area contributed by atoms with Crippen LogP contribution in [0.2, 0.25) is 0 Å². The minimum atomic E-state index is -0.443. The van der Waals surface area contributed by atoms with E-state index in [1.807, 2.05) is 0 Å². The van der Waals surface area contributed by atoms with Crippen LogP contribution in [0.4, 0.5) is 0 Å². The van der Waals surface area contributed by atoms with Gasteiger partial charge in [-0.15, -0.1) is 0 Å². The molecule has 198 valence electrons. The topological polar surface area (TPSA) is 111 Å². The summed E-state index contributed by atoms with van der Waals surface area (Å²) in [5, 5.41) is 38.6. The van der Waals surface area contributed by atoms with Crippen LogP contribution in [0, 0.1) is 46.3 Å². The Kier molecular flexibility index (Phi) is 8.69. The van der Waals surface area contributed by atoms with E-state index in [9.17, 15) is 15.3 Å². The maximum Gasteiger partial charge on any atom is 0.104 e. The summed E-state index contributed by atoms with van der Waals surface area (Å²) >= 11 is 0. The zero-order valence-corrected chi connectivity index (χ0v) is 22.0. The largest absolute Gasteiger partial charge is 0.393 e. The number of aliphatic hydroxyl groups excluding tert-OH is 3. The minimum absolute atomic E-state index is 0.167. The number of hydrogen-bond donors (Lipinski definition) is 6. The van der Waals surface area contributed by atoms with Crippen LogP contribution in [0.3, 0.4) is 0 Å². The van der Waals surface area contributed by atoms with Gasteiger partial charge in [0.2, 0.25) is 0 Å². The first-order chi connectivity index (χ1) is 16.2. The second-order valence-corrected chi connectivity index (χ2v) is 13.0. The number of nitrogens with one attached hydrogen (secondary N) is 2. The molecule has 0 heterocycles. The van der Waals surface area contributed by atoms with Gasteiger partial charge in [0.25, 0.3) is 0 Å². The van der Waals surface area contributed by atoms with Gasteiger partial charge in [0, 0.05) is 26.2 Å². The quantitative estimate of drug-likeness (QED) is 0.212. The van der Waals surface area contributed by atoms with Gasteiger partial charge < -0.3 is 26.4 Å². The maximum absolute atomic E-state index is 11.4. The third-order valence-corrected chi connectivity index (χ3v) is 11.3. The molecule has 0 amide bonds. The molecule has 0 radical (unpaired) electrons.